The molecule has 0 saturated carbocycles. The van der Waals surface area contributed by atoms with Crippen LogP contribution >= 0.6 is 0 Å². The number of halogens is 1. The summed E-state index contributed by atoms with van der Waals surface area (Å²) in [5, 5.41) is 18.6. The number of nitrogens with one attached hydrogen (secondary N) is 3. The lowest BCUT2D eigenvalue weighted by molar-refractivity contribution is -0.132. The van der Waals surface area contributed by atoms with E-state index < -0.39 is 5.82 Å². The van der Waals surface area contributed by atoms with Gasteiger partial charge < -0.3 is 10.6 Å². The molecule has 0 bridgehead atoms. The number of amidine groups is 1. The number of carbonyl (C=O) groups excluding carboxylic acids is 1. The molecule has 2 aliphatic rings. The van der Waals surface area contributed by atoms with Crippen molar-refractivity contribution in [2.45, 2.75) is 26.7 Å². The minimum absolute atomic E-state index is 0.172. The van der Waals surface area contributed by atoms with Crippen LogP contribution in [0.25, 0.3) is 5.57 Å². The first-order chi connectivity index (χ1) is 16.8. The van der Waals surface area contributed by atoms with Crippen LogP contribution in [0, 0.1) is 17.1 Å². The zero-order chi connectivity index (χ0) is 24.9. The van der Waals surface area contributed by atoms with Crippen molar-refractivity contribution in [2.75, 3.05) is 25.5 Å². The number of carbonyl (C=O) groups is 1. The van der Waals surface area contributed by atoms with Gasteiger partial charge in [0.1, 0.15) is 11.4 Å². The van der Waals surface area contributed by atoms with E-state index in [4.69, 9.17) is 5.41 Å². The molecule has 1 aliphatic carbocycles. The van der Waals surface area contributed by atoms with E-state index in [1.54, 1.807) is 12.1 Å². The molecule has 9 heteroatoms. The molecule has 1 aromatic heterocycles. The Morgan fingerprint density at radius 3 is 2.49 bits per heavy atom. The van der Waals surface area contributed by atoms with Crippen LogP contribution in [0.2, 0.25) is 0 Å². The van der Waals surface area contributed by atoms with Gasteiger partial charge in [-0.05, 0) is 36.5 Å². The number of rotatable bonds is 8. The summed E-state index contributed by atoms with van der Waals surface area (Å²) in [5.41, 5.74) is 3.22. The van der Waals surface area contributed by atoms with Gasteiger partial charge in [0.05, 0.1) is 12.4 Å². The quantitative estimate of drug-likeness (QED) is 0.500. The Balaban J connectivity index is 1.57. The normalized spacial score (nSPS) is 17.5. The van der Waals surface area contributed by atoms with E-state index >= 15 is 0 Å². The van der Waals surface area contributed by atoms with Crippen molar-refractivity contribution in [3.05, 3.63) is 83.5 Å². The van der Waals surface area contributed by atoms with Gasteiger partial charge in [0.2, 0.25) is 0 Å². The van der Waals surface area contributed by atoms with Gasteiger partial charge in [0, 0.05) is 25.8 Å². The Bertz CT molecular complexity index is 1190. The summed E-state index contributed by atoms with van der Waals surface area (Å²) in [7, 11) is 1.69. The third-order valence-corrected chi connectivity index (χ3v) is 5.83. The van der Waals surface area contributed by atoms with E-state index in [1.807, 2.05) is 42.5 Å². The van der Waals surface area contributed by atoms with Gasteiger partial charge in [-0.2, -0.15) is 0 Å². The molecule has 8 nitrogen and oxygen atoms in total. The van der Waals surface area contributed by atoms with Crippen LogP contribution in [-0.4, -0.2) is 51.9 Å². The van der Waals surface area contributed by atoms with Crippen molar-refractivity contribution >= 4 is 23.0 Å². The van der Waals surface area contributed by atoms with E-state index in [1.165, 1.54) is 17.4 Å². The second-order valence-electron chi connectivity index (χ2n) is 8.99. The van der Waals surface area contributed by atoms with E-state index in [0.29, 0.717) is 36.2 Å². The second kappa shape index (κ2) is 10.5. The molecule has 1 saturated heterocycles. The Kier molecular flexibility index (Phi) is 7.24. The molecule has 0 spiro atoms. The number of benzene rings is 1. The lowest BCUT2D eigenvalue weighted by atomic mass is 9.97. The lowest BCUT2D eigenvalue weighted by Gasteiger charge is -2.26. The van der Waals surface area contributed by atoms with E-state index in [2.05, 4.69) is 34.4 Å². The van der Waals surface area contributed by atoms with Crippen LogP contribution in [0.4, 0.5) is 10.1 Å². The lowest BCUT2D eigenvalue weighted by Crippen LogP contribution is -2.39. The van der Waals surface area contributed by atoms with E-state index in [9.17, 15) is 9.18 Å². The SMILES string of the molecule is CC(C)CN1C(=N)/C(=C(\NCC2=CC=C(c3ncc(F)cn3)CC2)Nc2ccccc2)C(=O)N1C. The fourth-order valence-corrected chi connectivity index (χ4v) is 3.99. The van der Waals surface area contributed by atoms with Crippen LogP contribution < -0.4 is 10.6 Å². The smallest absolute Gasteiger partial charge is 0.279 e. The Morgan fingerprint density at radius 2 is 1.86 bits per heavy atom. The average Bonchev–Trinajstić information content (AvgIpc) is 3.06. The zero-order valence-electron chi connectivity index (χ0n) is 20.2. The highest BCUT2D eigenvalue weighted by atomic mass is 19.1. The van der Waals surface area contributed by atoms with Crippen molar-refractivity contribution in [1.29, 1.82) is 5.41 Å². The maximum atomic E-state index is 13.2. The Morgan fingerprint density at radius 1 is 1.14 bits per heavy atom. The van der Waals surface area contributed by atoms with Crippen molar-refractivity contribution in [1.82, 2.24) is 25.3 Å². The minimum atomic E-state index is -0.457. The second-order valence-corrected chi connectivity index (χ2v) is 8.99. The molecule has 1 aliphatic heterocycles. The predicted octanol–water partition coefficient (Wildman–Crippen LogP) is 3.95. The van der Waals surface area contributed by atoms with Crippen LogP contribution in [0.1, 0.15) is 32.5 Å². The highest BCUT2D eigenvalue weighted by Crippen LogP contribution is 2.26. The number of aromatic nitrogens is 2. The summed E-state index contributed by atoms with van der Waals surface area (Å²) in [6, 6.07) is 9.58. The molecule has 182 valence electrons. The molecule has 2 heterocycles. The third kappa shape index (κ3) is 5.56. The fraction of sp³-hybridized carbons (Fsp3) is 0.308. The zero-order valence-corrected chi connectivity index (χ0v) is 20.2. The predicted molar refractivity (Wildman–Crippen MR) is 134 cm³/mol. The monoisotopic (exact) mass is 475 g/mol. The minimum Gasteiger partial charge on any atom is -0.367 e. The molecule has 0 atom stereocenters. The van der Waals surface area contributed by atoms with Crippen molar-refractivity contribution in [2.24, 2.45) is 5.92 Å². The number of likely N-dealkylation sites (N-methyl/N-ethyl adjacent to an activating group) is 1. The van der Waals surface area contributed by atoms with Crippen molar-refractivity contribution in [3.8, 4) is 0 Å². The maximum absolute atomic E-state index is 13.2. The summed E-state index contributed by atoms with van der Waals surface area (Å²) in [6.07, 6.45) is 7.80. The number of allylic oxidation sites excluding steroid dienone is 3. The summed E-state index contributed by atoms with van der Waals surface area (Å²) in [5.74, 6) is 0.812. The summed E-state index contributed by atoms with van der Waals surface area (Å²) < 4.78 is 13.1. The van der Waals surface area contributed by atoms with Crippen LogP contribution in [0.3, 0.4) is 0 Å². The van der Waals surface area contributed by atoms with Crippen molar-refractivity contribution < 1.29 is 9.18 Å². The van der Waals surface area contributed by atoms with Gasteiger partial charge in [-0.3, -0.25) is 20.2 Å². The van der Waals surface area contributed by atoms with E-state index in [-0.39, 0.29) is 11.7 Å². The number of para-hydroxylation sites is 1. The Labute approximate surface area is 204 Å². The van der Waals surface area contributed by atoms with Gasteiger partial charge in [-0.25, -0.2) is 14.4 Å². The molecular weight excluding hydrogens is 445 g/mol. The molecule has 1 fully saturated rings. The highest BCUT2D eigenvalue weighted by Gasteiger charge is 2.38. The van der Waals surface area contributed by atoms with Gasteiger partial charge >= 0.3 is 0 Å². The van der Waals surface area contributed by atoms with Gasteiger partial charge in [0.15, 0.2) is 17.5 Å². The number of hydrogen-bond acceptors (Lipinski definition) is 6. The summed E-state index contributed by atoms with van der Waals surface area (Å²) >= 11 is 0. The first kappa shape index (κ1) is 24.1. The molecule has 0 unspecified atom stereocenters. The van der Waals surface area contributed by atoms with Gasteiger partial charge in [-0.15, -0.1) is 0 Å². The number of hydrogen-bond donors (Lipinski definition) is 3. The fourth-order valence-electron chi connectivity index (χ4n) is 3.99. The number of amides is 1. The summed E-state index contributed by atoms with van der Waals surface area (Å²) in [4.78, 5) is 21.3. The Hall–Kier alpha value is -4.01. The number of nitrogens with zero attached hydrogens (tertiary/aromatic N) is 4. The third-order valence-electron chi connectivity index (χ3n) is 5.83. The van der Waals surface area contributed by atoms with Crippen LogP contribution in [0.15, 0.2) is 71.8 Å². The molecular formula is C26H30FN7O. The molecule has 35 heavy (non-hydrogen) atoms. The topological polar surface area (TPSA) is 97.2 Å². The van der Waals surface area contributed by atoms with Crippen LogP contribution in [-0.2, 0) is 4.79 Å². The van der Waals surface area contributed by atoms with Gasteiger partial charge in [-0.1, -0.05) is 49.8 Å². The molecule has 3 N–H and O–H groups in total. The highest BCUT2D eigenvalue weighted by molar-refractivity contribution is 6.24. The molecule has 0 radical (unpaired) electrons. The van der Waals surface area contributed by atoms with E-state index in [0.717, 1.165) is 29.7 Å². The average molecular weight is 476 g/mol. The first-order valence-electron chi connectivity index (χ1n) is 11.6. The molecule has 1 amide bonds. The summed E-state index contributed by atoms with van der Waals surface area (Å²) in [6.45, 7) is 5.19. The number of anilines is 1. The van der Waals surface area contributed by atoms with Crippen LogP contribution in [0.5, 0.6) is 0 Å². The number of hydrazine groups is 1. The molecule has 4 rings (SSSR count). The first-order valence-corrected chi connectivity index (χ1v) is 11.6. The van der Waals surface area contributed by atoms with Crippen molar-refractivity contribution in [3.63, 3.8) is 0 Å². The van der Waals surface area contributed by atoms with Gasteiger partial charge in [0.25, 0.3) is 5.91 Å². The molecule has 1 aromatic carbocycles. The largest absolute Gasteiger partial charge is 0.367 e. The maximum Gasteiger partial charge on any atom is 0.279 e. The standard InChI is InChI=1S/C26H30FN7O/c1-17(2)16-34-23(28)22(26(35)33(34)3)25(32-21-7-5-4-6-8-21)29-13-18-9-11-19(12-10-18)24-30-14-20(27)15-31-24/h4-9,11,14-15,17,28-29,32H,10,12-13,16H2,1-3H3/b25-22-,28-23?. The molecule has 2 aromatic rings.